The molecule has 2 aromatic heterocycles. The molecule has 1 saturated heterocycles. The van der Waals surface area contributed by atoms with E-state index in [1.807, 2.05) is 11.3 Å². The second-order valence-corrected chi connectivity index (χ2v) is 7.61. The molecule has 0 unspecified atom stereocenters. The van der Waals surface area contributed by atoms with Crippen molar-refractivity contribution in [1.82, 2.24) is 20.2 Å². The molecule has 0 bridgehead atoms. The minimum absolute atomic E-state index is 0.0831. The highest BCUT2D eigenvalue weighted by Crippen LogP contribution is 2.39. The van der Waals surface area contributed by atoms with Crippen molar-refractivity contribution in [1.29, 1.82) is 0 Å². The zero-order valence-electron chi connectivity index (χ0n) is 14.0. The first-order valence-corrected chi connectivity index (χ1v) is 9.51. The van der Waals surface area contributed by atoms with Crippen LogP contribution in [0.3, 0.4) is 0 Å². The van der Waals surface area contributed by atoms with Crippen LogP contribution in [0.25, 0.3) is 10.2 Å². The number of carbonyl (C=O) groups excluding carboxylic acids is 1. The van der Waals surface area contributed by atoms with Gasteiger partial charge in [0.15, 0.2) is 0 Å². The van der Waals surface area contributed by atoms with Crippen LogP contribution in [0, 0.1) is 0 Å². The largest absolute Gasteiger partial charge is 0.358 e. The number of hydrogen-bond donors (Lipinski definition) is 1. The van der Waals surface area contributed by atoms with E-state index in [-0.39, 0.29) is 5.91 Å². The Balaban J connectivity index is 1.57. The van der Waals surface area contributed by atoms with Crippen LogP contribution in [-0.2, 0) is 17.6 Å². The number of carbonyl (C=O) groups is 1. The summed E-state index contributed by atoms with van der Waals surface area (Å²) in [6, 6.07) is 0. The third-order valence-electron chi connectivity index (χ3n) is 5.05. The number of aromatic nitrogens is 2. The van der Waals surface area contributed by atoms with Crippen LogP contribution in [-0.4, -0.2) is 60.5 Å². The number of amides is 1. The summed E-state index contributed by atoms with van der Waals surface area (Å²) < 4.78 is 0. The maximum absolute atomic E-state index is 11.5. The molecular formula is C17H23N5OS. The molecular weight excluding hydrogens is 322 g/mol. The Morgan fingerprint density at radius 3 is 2.79 bits per heavy atom. The van der Waals surface area contributed by atoms with E-state index >= 15 is 0 Å². The number of likely N-dealkylation sites (N-methyl/N-ethyl adjacent to an activating group) is 1. The molecule has 0 spiro atoms. The maximum atomic E-state index is 11.5. The summed E-state index contributed by atoms with van der Waals surface area (Å²) in [5.74, 6) is 1.18. The number of aryl methyl sites for hydroxylation is 2. The van der Waals surface area contributed by atoms with E-state index in [1.54, 1.807) is 13.4 Å². The predicted octanol–water partition coefficient (Wildman–Crippen LogP) is 1.44. The molecule has 3 heterocycles. The number of rotatable bonds is 3. The van der Waals surface area contributed by atoms with Crippen molar-refractivity contribution in [2.24, 2.45) is 0 Å². The van der Waals surface area contributed by atoms with Crippen molar-refractivity contribution in [2.75, 3.05) is 44.7 Å². The molecule has 1 N–H and O–H groups in total. The minimum atomic E-state index is 0.0831. The van der Waals surface area contributed by atoms with Gasteiger partial charge in [-0.25, -0.2) is 9.97 Å². The lowest BCUT2D eigenvalue weighted by Crippen LogP contribution is -2.49. The van der Waals surface area contributed by atoms with Crippen LogP contribution < -0.4 is 10.2 Å². The van der Waals surface area contributed by atoms with Crippen LogP contribution >= 0.6 is 11.3 Å². The fraction of sp³-hybridized carbons (Fsp3) is 0.588. The lowest BCUT2D eigenvalue weighted by molar-refractivity contribution is -0.121. The average Bonchev–Trinajstić information content (AvgIpc) is 3.01. The fourth-order valence-electron chi connectivity index (χ4n) is 3.71. The average molecular weight is 345 g/mol. The number of nitrogens with zero attached hydrogens (tertiary/aromatic N) is 4. The molecule has 0 atom stereocenters. The van der Waals surface area contributed by atoms with Gasteiger partial charge in [0.2, 0.25) is 5.91 Å². The lowest BCUT2D eigenvalue weighted by Gasteiger charge is -2.35. The SMILES string of the molecule is CNC(=O)CN1CCN(c2ncnc3sc4c(c23)CCCC4)CC1. The Morgan fingerprint density at radius 1 is 1.21 bits per heavy atom. The van der Waals surface area contributed by atoms with E-state index in [0.717, 1.165) is 43.2 Å². The molecule has 1 aliphatic carbocycles. The second kappa shape index (κ2) is 6.64. The normalized spacial score (nSPS) is 18.6. The molecule has 2 aromatic rings. The molecule has 0 radical (unpaired) electrons. The van der Waals surface area contributed by atoms with Crippen molar-refractivity contribution in [3.05, 3.63) is 16.8 Å². The third-order valence-corrected chi connectivity index (χ3v) is 6.25. The summed E-state index contributed by atoms with van der Waals surface area (Å²) in [5.41, 5.74) is 1.49. The first kappa shape index (κ1) is 15.8. The van der Waals surface area contributed by atoms with E-state index in [2.05, 4.69) is 25.1 Å². The van der Waals surface area contributed by atoms with Gasteiger partial charge in [-0.15, -0.1) is 11.3 Å². The molecule has 1 amide bonds. The van der Waals surface area contributed by atoms with Crippen molar-refractivity contribution >= 4 is 33.3 Å². The predicted molar refractivity (Wildman–Crippen MR) is 96.8 cm³/mol. The lowest BCUT2D eigenvalue weighted by atomic mass is 9.97. The number of thiophene rings is 1. The summed E-state index contributed by atoms with van der Waals surface area (Å²) in [4.78, 5) is 27.9. The van der Waals surface area contributed by atoms with Gasteiger partial charge >= 0.3 is 0 Å². The zero-order chi connectivity index (χ0) is 16.5. The number of nitrogens with one attached hydrogen (secondary N) is 1. The van der Waals surface area contributed by atoms with Gasteiger partial charge in [-0.1, -0.05) is 0 Å². The summed E-state index contributed by atoms with van der Waals surface area (Å²) in [6.45, 7) is 4.09. The van der Waals surface area contributed by atoms with Crippen molar-refractivity contribution in [2.45, 2.75) is 25.7 Å². The van der Waals surface area contributed by atoms with E-state index in [9.17, 15) is 4.79 Å². The maximum Gasteiger partial charge on any atom is 0.233 e. The summed E-state index contributed by atoms with van der Waals surface area (Å²) in [7, 11) is 1.69. The number of hydrogen-bond acceptors (Lipinski definition) is 6. The Kier molecular flexibility index (Phi) is 4.37. The van der Waals surface area contributed by atoms with Crippen LogP contribution in [0.4, 0.5) is 5.82 Å². The Morgan fingerprint density at radius 2 is 2.00 bits per heavy atom. The van der Waals surface area contributed by atoms with Gasteiger partial charge in [-0.05, 0) is 31.2 Å². The highest BCUT2D eigenvalue weighted by molar-refractivity contribution is 7.19. The van der Waals surface area contributed by atoms with Crippen molar-refractivity contribution < 1.29 is 4.79 Å². The molecule has 24 heavy (non-hydrogen) atoms. The van der Waals surface area contributed by atoms with E-state index < -0.39 is 0 Å². The highest BCUT2D eigenvalue weighted by atomic mass is 32.1. The van der Waals surface area contributed by atoms with Gasteiger partial charge in [-0.2, -0.15) is 0 Å². The second-order valence-electron chi connectivity index (χ2n) is 6.52. The molecule has 0 saturated carbocycles. The van der Waals surface area contributed by atoms with Gasteiger partial charge in [0.1, 0.15) is 17.0 Å². The first-order chi connectivity index (χ1) is 11.8. The molecule has 1 fully saturated rings. The standard InChI is InChI=1S/C17H23N5OS/c1-18-14(23)10-21-6-8-22(9-7-21)16-15-12-4-2-3-5-13(12)24-17(15)20-11-19-16/h11H,2-10H2,1H3,(H,18,23). The molecule has 6 nitrogen and oxygen atoms in total. The van der Waals surface area contributed by atoms with Gasteiger partial charge in [0.25, 0.3) is 0 Å². The van der Waals surface area contributed by atoms with Crippen LogP contribution in [0.15, 0.2) is 6.33 Å². The van der Waals surface area contributed by atoms with Gasteiger partial charge in [0.05, 0.1) is 11.9 Å². The Labute approximate surface area is 145 Å². The minimum Gasteiger partial charge on any atom is -0.358 e. The molecule has 4 rings (SSSR count). The van der Waals surface area contributed by atoms with Crippen LogP contribution in [0.5, 0.6) is 0 Å². The van der Waals surface area contributed by atoms with Gasteiger partial charge < -0.3 is 10.2 Å². The third kappa shape index (κ3) is 2.86. The van der Waals surface area contributed by atoms with Crippen molar-refractivity contribution in [3.63, 3.8) is 0 Å². The summed E-state index contributed by atoms with van der Waals surface area (Å²) in [5, 5.41) is 3.99. The molecule has 1 aliphatic heterocycles. The molecule has 128 valence electrons. The molecule has 2 aliphatic rings. The Bertz CT molecular complexity index is 751. The van der Waals surface area contributed by atoms with Crippen LogP contribution in [0.1, 0.15) is 23.3 Å². The van der Waals surface area contributed by atoms with Gasteiger partial charge in [-0.3, -0.25) is 9.69 Å². The van der Waals surface area contributed by atoms with E-state index in [0.29, 0.717) is 6.54 Å². The zero-order valence-corrected chi connectivity index (χ0v) is 14.9. The summed E-state index contributed by atoms with van der Waals surface area (Å²) >= 11 is 1.85. The quantitative estimate of drug-likeness (QED) is 0.912. The van der Waals surface area contributed by atoms with E-state index in [1.165, 1.54) is 35.1 Å². The topological polar surface area (TPSA) is 61.4 Å². The monoisotopic (exact) mass is 345 g/mol. The fourth-order valence-corrected chi connectivity index (χ4v) is 4.94. The highest BCUT2D eigenvalue weighted by Gasteiger charge is 2.25. The smallest absolute Gasteiger partial charge is 0.233 e. The number of fused-ring (bicyclic) bond motifs is 3. The summed E-state index contributed by atoms with van der Waals surface area (Å²) in [6.07, 6.45) is 6.62. The van der Waals surface area contributed by atoms with E-state index in [4.69, 9.17) is 0 Å². The molecule has 7 heteroatoms. The van der Waals surface area contributed by atoms with Crippen molar-refractivity contribution in [3.8, 4) is 0 Å². The number of anilines is 1. The van der Waals surface area contributed by atoms with Gasteiger partial charge in [0, 0.05) is 38.1 Å². The number of piperazine rings is 1. The first-order valence-electron chi connectivity index (χ1n) is 8.69. The molecule has 0 aromatic carbocycles. The van der Waals surface area contributed by atoms with Crippen LogP contribution in [0.2, 0.25) is 0 Å². The Hall–Kier alpha value is -1.73.